The Morgan fingerprint density at radius 1 is 0.780 bits per heavy atom. The molecule has 2 heterocycles. The van der Waals surface area contributed by atoms with Crippen molar-refractivity contribution in [3.63, 3.8) is 0 Å². The summed E-state index contributed by atoms with van der Waals surface area (Å²) in [5.74, 6) is 0.814. The average molecular weight is 622 g/mol. The van der Waals surface area contributed by atoms with Crippen LogP contribution in [0.5, 0.6) is 0 Å². The fourth-order valence-corrected chi connectivity index (χ4v) is 5.32. The van der Waals surface area contributed by atoms with Gasteiger partial charge in [0.05, 0.1) is 10.2 Å². The average Bonchev–Trinajstić information content (AvgIpc) is 3.40. The van der Waals surface area contributed by atoms with E-state index in [1.165, 1.54) is 0 Å². The summed E-state index contributed by atoms with van der Waals surface area (Å²) in [5.41, 5.74) is 7.49. The zero-order valence-electron chi connectivity index (χ0n) is 22.0. The minimum atomic E-state index is -0.0933. The number of fused-ring (bicyclic) bond motifs is 1. The largest absolute Gasteiger partial charge is 0.367 e. The molecule has 0 atom stereocenters. The molecule has 202 valence electrons. The summed E-state index contributed by atoms with van der Waals surface area (Å²) in [6.45, 7) is 1.08. The number of benzene rings is 4. The minimum absolute atomic E-state index is 0.0933. The van der Waals surface area contributed by atoms with Crippen molar-refractivity contribution in [1.82, 2.24) is 14.7 Å². The van der Waals surface area contributed by atoms with E-state index in [1.54, 1.807) is 0 Å². The molecule has 41 heavy (non-hydrogen) atoms. The molecular weight excluding hydrogens is 596 g/mol. The zero-order chi connectivity index (χ0) is 28.2. The van der Waals surface area contributed by atoms with Crippen molar-refractivity contribution in [1.29, 1.82) is 0 Å². The smallest absolute Gasteiger partial charge is 0.251 e. The van der Waals surface area contributed by atoms with Crippen LogP contribution < -0.4 is 10.6 Å². The number of rotatable bonds is 8. The van der Waals surface area contributed by atoms with E-state index in [4.69, 9.17) is 16.6 Å². The van der Waals surface area contributed by atoms with Gasteiger partial charge >= 0.3 is 0 Å². The summed E-state index contributed by atoms with van der Waals surface area (Å²) in [5, 5.41) is 7.22. The van der Waals surface area contributed by atoms with Gasteiger partial charge in [-0.15, -0.1) is 0 Å². The molecule has 0 saturated carbocycles. The van der Waals surface area contributed by atoms with Crippen molar-refractivity contribution in [3.05, 3.63) is 148 Å². The number of hydrogen-bond donors (Lipinski definition) is 2. The highest BCUT2D eigenvalue weighted by Gasteiger charge is 2.12. The molecular formula is C34H26BrClN4O. The molecule has 6 rings (SSSR count). The number of amides is 1. The zero-order valence-corrected chi connectivity index (χ0v) is 24.4. The maximum absolute atomic E-state index is 12.7. The van der Waals surface area contributed by atoms with Crippen LogP contribution in [0.2, 0.25) is 5.02 Å². The second kappa shape index (κ2) is 12.0. The Bertz CT molecular complexity index is 1820. The number of carbonyl (C=O) groups is 1. The number of hydrogen-bond acceptors (Lipinski definition) is 3. The van der Waals surface area contributed by atoms with E-state index in [9.17, 15) is 4.79 Å². The van der Waals surface area contributed by atoms with Crippen molar-refractivity contribution in [3.8, 4) is 22.4 Å². The molecule has 1 amide bonds. The van der Waals surface area contributed by atoms with Gasteiger partial charge in [-0.2, -0.15) is 0 Å². The Balaban J connectivity index is 1.10. The maximum Gasteiger partial charge on any atom is 0.251 e. The molecule has 0 fully saturated rings. The van der Waals surface area contributed by atoms with E-state index in [-0.39, 0.29) is 5.91 Å². The standard InChI is InChI=1S/C34H26BrClN4O/c35-29-18-19-40-32(20-31(39-33(29)40)28-8-4-5-9-30(28)36)37-21-23-10-12-24(13-11-23)22-38-34(41)27-16-14-26(15-17-27)25-6-2-1-3-7-25/h1-20,37H,21-22H2,(H,38,41). The lowest BCUT2D eigenvalue weighted by Gasteiger charge is -2.13. The van der Waals surface area contributed by atoms with Crippen molar-refractivity contribution < 1.29 is 4.79 Å². The van der Waals surface area contributed by atoms with Crippen LogP contribution >= 0.6 is 27.5 Å². The Morgan fingerprint density at radius 2 is 1.44 bits per heavy atom. The van der Waals surface area contributed by atoms with Crippen LogP contribution in [0.4, 0.5) is 5.82 Å². The Hall–Kier alpha value is -4.39. The number of aromatic nitrogens is 2. The Labute approximate surface area is 252 Å². The molecule has 0 aliphatic heterocycles. The van der Waals surface area contributed by atoms with Crippen molar-refractivity contribution in [2.75, 3.05) is 5.32 Å². The summed E-state index contributed by atoms with van der Waals surface area (Å²) in [4.78, 5) is 17.5. The molecule has 7 heteroatoms. The number of carbonyl (C=O) groups excluding carboxylic acids is 1. The molecule has 0 aliphatic rings. The van der Waals surface area contributed by atoms with Crippen LogP contribution in [0.15, 0.2) is 126 Å². The van der Waals surface area contributed by atoms with Gasteiger partial charge in [0, 0.05) is 41.5 Å². The molecule has 2 aromatic heterocycles. The SMILES string of the molecule is O=C(NCc1ccc(CNc2cc(-c3ccccc3Cl)nc3c(Br)ccn23)cc1)c1ccc(-c2ccccc2)cc1. The van der Waals surface area contributed by atoms with E-state index in [2.05, 4.69) is 50.8 Å². The fourth-order valence-electron chi connectivity index (χ4n) is 4.69. The Kier molecular flexibility index (Phi) is 7.85. The predicted octanol–water partition coefficient (Wildman–Crippen LogP) is 8.63. The fraction of sp³-hybridized carbons (Fsp3) is 0.0588. The van der Waals surface area contributed by atoms with Gasteiger partial charge in [-0.3, -0.25) is 9.20 Å². The molecule has 0 unspecified atom stereocenters. The molecule has 4 aromatic carbocycles. The van der Waals surface area contributed by atoms with Crippen LogP contribution in [0.25, 0.3) is 28.0 Å². The van der Waals surface area contributed by atoms with Gasteiger partial charge in [0.1, 0.15) is 5.82 Å². The summed E-state index contributed by atoms with van der Waals surface area (Å²) in [7, 11) is 0. The van der Waals surface area contributed by atoms with Gasteiger partial charge in [-0.1, -0.05) is 96.5 Å². The van der Waals surface area contributed by atoms with Crippen molar-refractivity contribution >= 4 is 44.9 Å². The Morgan fingerprint density at radius 3 is 2.17 bits per heavy atom. The highest BCUT2D eigenvalue weighted by Crippen LogP contribution is 2.31. The van der Waals surface area contributed by atoms with Crippen LogP contribution in [0.3, 0.4) is 0 Å². The maximum atomic E-state index is 12.7. The highest BCUT2D eigenvalue weighted by molar-refractivity contribution is 9.10. The molecule has 5 nitrogen and oxygen atoms in total. The van der Waals surface area contributed by atoms with Crippen LogP contribution in [0, 0.1) is 0 Å². The first kappa shape index (κ1) is 26.8. The molecule has 0 aliphatic carbocycles. The number of halogens is 2. The van der Waals surface area contributed by atoms with Gasteiger partial charge in [-0.05, 0) is 62.4 Å². The molecule has 6 aromatic rings. The third-order valence-corrected chi connectivity index (χ3v) is 7.87. The van der Waals surface area contributed by atoms with Crippen molar-refractivity contribution in [2.24, 2.45) is 0 Å². The predicted molar refractivity (Wildman–Crippen MR) is 170 cm³/mol. The topological polar surface area (TPSA) is 58.4 Å². The second-order valence-corrected chi connectivity index (χ2v) is 10.9. The lowest BCUT2D eigenvalue weighted by atomic mass is 10.0. The third kappa shape index (κ3) is 6.04. The molecule has 0 saturated heterocycles. The third-order valence-electron chi connectivity index (χ3n) is 6.92. The molecule has 0 bridgehead atoms. The summed E-state index contributed by atoms with van der Waals surface area (Å²) in [6.07, 6.45) is 1.98. The first-order valence-corrected chi connectivity index (χ1v) is 14.4. The summed E-state index contributed by atoms with van der Waals surface area (Å²) < 4.78 is 2.92. The number of nitrogens with zero attached hydrogens (tertiary/aromatic N) is 2. The number of nitrogens with one attached hydrogen (secondary N) is 2. The summed E-state index contributed by atoms with van der Waals surface area (Å²) >= 11 is 10.1. The van der Waals surface area contributed by atoms with Crippen LogP contribution in [-0.2, 0) is 13.1 Å². The summed E-state index contributed by atoms with van der Waals surface area (Å²) in [6, 6.07) is 37.7. The van der Waals surface area contributed by atoms with Crippen LogP contribution in [0.1, 0.15) is 21.5 Å². The molecule has 2 N–H and O–H groups in total. The van der Waals surface area contributed by atoms with Gasteiger partial charge in [0.2, 0.25) is 0 Å². The second-order valence-electron chi connectivity index (χ2n) is 9.66. The minimum Gasteiger partial charge on any atom is -0.367 e. The monoisotopic (exact) mass is 620 g/mol. The normalized spacial score (nSPS) is 11.0. The van der Waals surface area contributed by atoms with Gasteiger partial charge in [0.25, 0.3) is 5.91 Å². The first-order valence-electron chi connectivity index (χ1n) is 13.2. The first-order chi connectivity index (χ1) is 20.0. The number of anilines is 1. The van der Waals surface area contributed by atoms with Gasteiger partial charge in [-0.25, -0.2) is 4.98 Å². The van der Waals surface area contributed by atoms with E-state index < -0.39 is 0 Å². The lowest BCUT2D eigenvalue weighted by Crippen LogP contribution is -2.22. The van der Waals surface area contributed by atoms with E-state index in [0.717, 1.165) is 49.4 Å². The lowest BCUT2D eigenvalue weighted by molar-refractivity contribution is 0.0951. The molecule has 0 spiro atoms. The van der Waals surface area contributed by atoms with Gasteiger partial charge < -0.3 is 10.6 Å². The molecule has 0 radical (unpaired) electrons. The van der Waals surface area contributed by atoms with Gasteiger partial charge in [0.15, 0.2) is 5.65 Å². The van der Waals surface area contributed by atoms with Crippen molar-refractivity contribution in [2.45, 2.75) is 13.1 Å². The van der Waals surface area contributed by atoms with E-state index in [0.29, 0.717) is 23.7 Å². The quantitative estimate of drug-likeness (QED) is 0.179. The van der Waals surface area contributed by atoms with Crippen LogP contribution in [-0.4, -0.2) is 15.3 Å². The van der Waals surface area contributed by atoms with E-state index in [1.807, 2.05) is 102 Å². The van der Waals surface area contributed by atoms with E-state index >= 15 is 0 Å². The highest BCUT2D eigenvalue weighted by atomic mass is 79.9.